The number of rotatable bonds is 7. The van der Waals surface area contributed by atoms with E-state index in [1.807, 2.05) is 32.0 Å². The van der Waals surface area contributed by atoms with E-state index in [0.717, 1.165) is 21.2 Å². The van der Waals surface area contributed by atoms with Crippen LogP contribution in [0.4, 0.5) is 0 Å². The van der Waals surface area contributed by atoms with Crippen molar-refractivity contribution in [3.63, 3.8) is 0 Å². The zero-order valence-electron chi connectivity index (χ0n) is 17.1. The molecule has 0 spiro atoms. The van der Waals surface area contributed by atoms with Crippen molar-refractivity contribution in [2.75, 3.05) is 6.61 Å². The van der Waals surface area contributed by atoms with Crippen LogP contribution in [-0.2, 0) is 4.79 Å². The third kappa shape index (κ3) is 6.79. The van der Waals surface area contributed by atoms with Gasteiger partial charge in [0.15, 0.2) is 6.61 Å². The summed E-state index contributed by atoms with van der Waals surface area (Å²) in [5, 5.41) is 3.92. The molecule has 6 nitrogen and oxygen atoms in total. The number of hydrazone groups is 1. The number of esters is 1. The highest BCUT2D eigenvalue weighted by atomic mass is 79.9. The van der Waals surface area contributed by atoms with Gasteiger partial charge in [0, 0.05) is 4.47 Å². The van der Waals surface area contributed by atoms with Crippen molar-refractivity contribution in [3.05, 3.63) is 93.5 Å². The van der Waals surface area contributed by atoms with Crippen LogP contribution in [0.2, 0.25) is 0 Å². The van der Waals surface area contributed by atoms with Gasteiger partial charge in [-0.15, -0.1) is 0 Å². The lowest BCUT2D eigenvalue weighted by atomic mass is 10.1. The number of halogens is 1. The minimum absolute atomic E-state index is 0.134. The maximum absolute atomic E-state index is 12.1. The Balaban J connectivity index is 1.46. The maximum Gasteiger partial charge on any atom is 0.343 e. The van der Waals surface area contributed by atoms with Crippen molar-refractivity contribution in [2.45, 2.75) is 13.8 Å². The first-order chi connectivity index (χ1) is 14.9. The molecule has 31 heavy (non-hydrogen) atoms. The molecule has 7 heteroatoms. The number of carbonyl (C=O) groups is 2. The summed E-state index contributed by atoms with van der Waals surface area (Å²) in [4.78, 5) is 24.0. The van der Waals surface area contributed by atoms with Crippen LogP contribution in [0.25, 0.3) is 0 Å². The molecule has 3 aromatic carbocycles. The Morgan fingerprint density at radius 1 is 0.935 bits per heavy atom. The van der Waals surface area contributed by atoms with Crippen LogP contribution in [0.3, 0.4) is 0 Å². The van der Waals surface area contributed by atoms with E-state index in [2.05, 4.69) is 26.5 Å². The lowest BCUT2D eigenvalue weighted by Gasteiger charge is -2.07. The maximum atomic E-state index is 12.1. The Morgan fingerprint density at radius 2 is 1.61 bits per heavy atom. The van der Waals surface area contributed by atoms with Crippen LogP contribution in [-0.4, -0.2) is 24.7 Å². The van der Waals surface area contributed by atoms with Crippen molar-refractivity contribution >= 4 is 34.0 Å². The molecule has 0 aliphatic heterocycles. The molecule has 0 heterocycles. The molecule has 0 aliphatic rings. The smallest absolute Gasteiger partial charge is 0.343 e. The summed E-state index contributed by atoms with van der Waals surface area (Å²) in [6, 6.07) is 19.3. The lowest BCUT2D eigenvalue weighted by Crippen LogP contribution is -2.24. The molecule has 3 aromatic rings. The molecule has 1 N–H and O–H groups in total. The molecule has 0 unspecified atom stereocenters. The number of carbonyl (C=O) groups excluding carboxylic acids is 2. The third-order valence-corrected chi connectivity index (χ3v) is 4.95. The third-order valence-electron chi connectivity index (χ3n) is 4.42. The zero-order valence-corrected chi connectivity index (χ0v) is 18.7. The number of nitrogens with one attached hydrogen (secondary N) is 1. The fourth-order valence-electron chi connectivity index (χ4n) is 2.54. The van der Waals surface area contributed by atoms with Crippen LogP contribution in [0.15, 0.2) is 76.3 Å². The van der Waals surface area contributed by atoms with Crippen LogP contribution in [0.1, 0.15) is 27.0 Å². The van der Waals surface area contributed by atoms with E-state index in [1.165, 1.54) is 6.21 Å². The van der Waals surface area contributed by atoms with Gasteiger partial charge in [-0.2, -0.15) is 5.10 Å². The number of aryl methyl sites for hydroxylation is 2. The Morgan fingerprint density at radius 3 is 2.29 bits per heavy atom. The molecule has 0 atom stereocenters. The van der Waals surface area contributed by atoms with Gasteiger partial charge in [0.2, 0.25) is 0 Å². The molecule has 158 valence electrons. The summed E-state index contributed by atoms with van der Waals surface area (Å²) >= 11 is 3.33. The molecule has 0 aromatic heterocycles. The second-order valence-electron chi connectivity index (χ2n) is 6.79. The summed E-state index contributed by atoms with van der Waals surface area (Å²) in [6.07, 6.45) is 1.49. The molecular weight excluding hydrogens is 460 g/mol. The van der Waals surface area contributed by atoms with Gasteiger partial charge < -0.3 is 9.47 Å². The predicted molar refractivity (Wildman–Crippen MR) is 123 cm³/mol. The van der Waals surface area contributed by atoms with Crippen molar-refractivity contribution in [1.82, 2.24) is 5.43 Å². The number of ether oxygens (including phenoxy) is 2. The first kappa shape index (κ1) is 22.2. The Hall–Kier alpha value is -3.45. The van der Waals surface area contributed by atoms with Gasteiger partial charge in [-0.05, 0) is 91.2 Å². The zero-order chi connectivity index (χ0) is 22.2. The van der Waals surface area contributed by atoms with E-state index in [4.69, 9.17) is 9.47 Å². The van der Waals surface area contributed by atoms with Crippen LogP contribution in [0.5, 0.6) is 11.5 Å². The summed E-state index contributed by atoms with van der Waals surface area (Å²) in [7, 11) is 0. The Labute approximate surface area is 189 Å². The molecule has 3 rings (SSSR count). The number of hydrogen-bond donors (Lipinski definition) is 1. The molecule has 0 saturated heterocycles. The number of amides is 1. The summed E-state index contributed by atoms with van der Waals surface area (Å²) in [5.41, 5.74) is 5.87. The summed E-state index contributed by atoms with van der Waals surface area (Å²) in [6.45, 7) is 3.86. The average Bonchev–Trinajstić information content (AvgIpc) is 2.76. The molecule has 0 aliphatic carbocycles. The topological polar surface area (TPSA) is 77.0 Å². The lowest BCUT2D eigenvalue weighted by molar-refractivity contribution is -0.123. The fraction of sp³-hybridized carbons (Fsp3) is 0.125. The number of hydrogen-bond acceptors (Lipinski definition) is 5. The standard InChI is InChI=1S/C24H21BrN2O4/c1-16-3-10-22(13-17(16)2)30-15-23(28)27-26-14-18-4-11-21(12-5-18)31-24(29)19-6-8-20(25)9-7-19/h3-14H,15H2,1-2H3,(H,27,28)/b26-14+. The van der Waals surface area contributed by atoms with Crippen LogP contribution >= 0.6 is 15.9 Å². The Bertz CT molecular complexity index is 1090. The van der Waals surface area contributed by atoms with Gasteiger partial charge in [-0.25, -0.2) is 10.2 Å². The number of benzene rings is 3. The highest BCUT2D eigenvalue weighted by Gasteiger charge is 2.08. The quantitative estimate of drug-likeness (QED) is 0.227. The van der Waals surface area contributed by atoms with E-state index in [1.54, 1.807) is 48.5 Å². The predicted octanol–water partition coefficient (Wildman–Crippen LogP) is 4.81. The van der Waals surface area contributed by atoms with Gasteiger partial charge in [0.05, 0.1) is 11.8 Å². The van der Waals surface area contributed by atoms with Gasteiger partial charge in [0.1, 0.15) is 11.5 Å². The van der Waals surface area contributed by atoms with E-state index in [-0.39, 0.29) is 12.5 Å². The normalized spacial score (nSPS) is 10.7. The van der Waals surface area contributed by atoms with Crippen LogP contribution < -0.4 is 14.9 Å². The SMILES string of the molecule is Cc1ccc(OCC(=O)N/N=C/c2ccc(OC(=O)c3ccc(Br)cc3)cc2)cc1C. The highest BCUT2D eigenvalue weighted by Crippen LogP contribution is 2.17. The van der Waals surface area contributed by atoms with E-state index in [0.29, 0.717) is 17.1 Å². The highest BCUT2D eigenvalue weighted by molar-refractivity contribution is 9.10. The molecule has 0 saturated carbocycles. The Kier molecular flexibility index (Phi) is 7.56. The van der Waals surface area contributed by atoms with Crippen LogP contribution in [0, 0.1) is 13.8 Å². The van der Waals surface area contributed by atoms with Crippen molar-refractivity contribution in [2.24, 2.45) is 5.10 Å². The van der Waals surface area contributed by atoms with Gasteiger partial charge >= 0.3 is 5.97 Å². The molecule has 0 fully saturated rings. The van der Waals surface area contributed by atoms with Crippen molar-refractivity contribution < 1.29 is 19.1 Å². The molecular formula is C24H21BrN2O4. The fourth-order valence-corrected chi connectivity index (χ4v) is 2.80. The molecule has 0 radical (unpaired) electrons. The minimum Gasteiger partial charge on any atom is -0.484 e. The monoisotopic (exact) mass is 480 g/mol. The van der Waals surface area contributed by atoms with Crippen molar-refractivity contribution in [1.29, 1.82) is 0 Å². The van der Waals surface area contributed by atoms with Gasteiger partial charge in [-0.1, -0.05) is 22.0 Å². The molecule has 0 bridgehead atoms. The average molecular weight is 481 g/mol. The van der Waals surface area contributed by atoms with E-state index >= 15 is 0 Å². The first-order valence-corrected chi connectivity index (χ1v) is 10.3. The second-order valence-corrected chi connectivity index (χ2v) is 7.71. The largest absolute Gasteiger partial charge is 0.484 e. The second kappa shape index (κ2) is 10.5. The summed E-state index contributed by atoms with van der Waals surface area (Å²) in [5.74, 6) is 0.242. The summed E-state index contributed by atoms with van der Waals surface area (Å²) < 4.78 is 11.7. The molecule has 1 amide bonds. The first-order valence-electron chi connectivity index (χ1n) is 9.50. The van der Waals surface area contributed by atoms with Gasteiger partial charge in [0.25, 0.3) is 5.91 Å². The minimum atomic E-state index is -0.440. The van der Waals surface area contributed by atoms with E-state index < -0.39 is 5.97 Å². The van der Waals surface area contributed by atoms with Gasteiger partial charge in [-0.3, -0.25) is 4.79 Å². The van der Waals surface area contributed by atoms with E-state index in [9.17, 15) is 9.59 Å². The van der Waals surface area contributed by atoms with Crippen molar-refractivity contribution in [3.8, 4) is 11.5 Å². The number of nitrogens with zero attached hydrogens (tertiary/aromatic N) is 1.